The summed E-state index contributed by atoms with van der Waals surface area (Å²) < 4.78 is 15.2. The normalized spacial score (nSPS) is 14.8. The van der Waals surface area contributed by atoms with Crippen LogP contribution in [-0.4, -0.2) is 53.9 Å². The van der Waals surface area contributed by atoms with E-state index in [0.717, 1.165) is 7.11 Å². The molecule has 0 aliphatic carbocycles. The van der Waals surface area contributed by atoms with Crippen molar-refractivity contribution in [1.82, 2.24) is 10.3 Å². The number of dihydropyridines is 1. The van der Waals surface area contributed by atoms with Crippen LogP contribution < -0.4 is 5.32 Å². The number of nitro benzene ring substituents is 1. The summed E-state index contributed by atoms with van der Waals surface area (Å²) >= 11 is 0. The second-order valence-electron chi connectivity index (χ2n) is 8.96. The first-order valence-corrected chi connectivity index (χ1v) is 12.4. The Kier molecular flexibility index (Phi) is 8.51. The van der Waals surface area contributed by atoms with E-state index < -0.39 is 47.7 Å². The Balaban J connectivity index is 1.49. The van der Waals surface area contributed by atoms with Crippen molar-refractivity contribution < 1.29 is 38.3 Å². The number of fused-ring (bicyclic) bond motifs is 1. The predicted octanol–water partition coefficient (Wildman–Crippen LogP) is 3.52. The molecule has 1 atom stereocenters. The average molecular weight is 560 g/mol. The molecule has 3 aromatic rings. The minimum Gasteiger partial charge on any atom is -0.466 e. The van der Waals surface area contributed by atoms with Gasteiger partial charge in [-0.2, -0.15) is 0 Å². The van der Waals surface area contributed by atoms with Gasteiger partial charge in [-0.1, -0.05) is 36.4 Å². The molecule has 2 heterocycles. The van der Waals surface area contributed by atoms with E-state index in [-0.39, 0.29) is 28.0 Å². The number of rotatable bonds is 9. The van der Waals surface area contributed by atoms with Crippen LogP contribution >= 0.6 is 0 Å². The standard InChI is InChI=1S/C29H25N3O9/c1-16-23(27(34)39-3)25(20-9-5-7-11-22(20)32(37)38)24(17(2)31-16)28(35)40-12-13-41-29(36)26(33)19-14-18-8-4-6-10-21(18)30-15-19/h4-11,14-15,25,31H,12-13H2,1-3H3. The van der Waals surface area contributed by atoms with Gasteiger partial charge in [0.05, 0.1) is 34.6 Å². The number of benzene rings is 2. The molecule has 0 bridgehead atoms. The Hall–Kier alpha value is -5.39. The zero-order chi connectivity index (χ0) is 29.7. The highest BCUT2D eigenvalue weighted by Crippen LogP contribution is 2.42. The first-order chi connectivity index (χ1) is 19.6. The number of ketones is 1. The highest BCUT2D eigenvalue weighted by Gasteiger charge is 2.40. The molecule has 1 aliphatic rings. The average Bonchev–Trinajstić information content (AvgIpc) is 2.97. The fraction of sp³-hybridized carbons (Fsp3) is 0.207. The highest BCUT2D eigenvalue weighted by molar-refractivity contribution is 6.40. The van der Waals surface area contributed by atoms with Crippen LogP contribution in [0.4, 0.5) is 5.69 Å². The van der Waals surface area contributed by atoms with Gasteiger partial charge >= 0.3 is 17.9 Å². The molecule has 0 amide bonds. The summed E-state index contributed by atoms with van der Waals surface area (Å²) in [5, 5.41) is 15.4. The molecule has 210 valence electrons. The lowest BCUT2D eigenvalue weighted by Gasteiger charge is -2.30. The molecular formula is C29H25N3O9. The third-order valence-electron chi connectivity index (χ3n) is 6.42. The van der Waals surface area contributed by atoms with Gasteiger partial charge < -0.3 is 19.5 Å². The van der Waals surface area contributed by atoms with Crippen molar-refractivity contribution in [2.24, 2.45) is 0 Å². The van der Waals surface area contributed by atoms with E-state index in [2.05, 4.69) is 10.3 Å². The Labute approximate surface area is 233 Å². The maximum absolute atomic E-state index is 13.3. The van der Waals surface area contributed by atoms with Gasteiger partial charge in [-0.25, -0.2) is 14.4 Å². The van der Waals surface area contributed by atoms with Crippen LogP contribution in [-0.2, 0) is 28.6 Å². The van der Waals surface area contributed by atoms with Gasteiger partial charge in [-0.05, 0) is 26.0 Å². The molecule has 0 fully saturated rings. The van der Waals surface area contributed by atoms with Gasteiger partial charge in [0.1, 0.15) is 13.2 Å². The zero-order valence-corrected chi connectivity index (χ0v) is 22.3. The first kappa shape index (κ1) is 28.6. The Morgan fingerprint density at radius 2 is 1.56 bits per heavy atom. The van der Waals surface area contributed by atoms with Crippen molar-refractivity contribution >= 4 is 40.3 Å². The van der Waals surface area contributed by atoms with Crippen LogP contribution in [0.2, 0.25) is 0 Å². The van der Waals surface area contributed by atoms with Gasteiger partial charge in [-0.15, -0.1) is 0 Å². The van der Waals surface area contributed by atoms with E-state index in [9.17, 15) is 29.3 Å². The van der Waals surface area contributed by atoms with Crippen LogP contribution in [0.1, 0.15) is 35.7 Å². The molecule has 12 nitrogen and oxygen atoms in total. The summed E-state index contributed by atoms with van der Waals surface area (Å²) in [7, 11) is 1.16. The number of Topliss-reactive ketones (excluding diaryl/α,β-unsaturated/α-hetero) is 1. The third kappa shape index (κ3) is 5.96. The number of aromatic nitrogens is 1. The molecule has 0 saturated carbocycles. The molecule has 12 heteroatoms. The number of allylic oxidation sites excluding steroid dienone is 2. The molecule has 0 saturated heterocycles. The quantitative estimate of drug-likeness (QED) is 0.0776. The monoisotopic (exact) mass is 559 g/mol. The van der Waals surface area contributed by atoms with Crippen LogP contribution in [0.3, 0.4) is 0 Å². The zero-order valence-electron chi connectivity index (χ0n) is 22.3. The first-order valence-electron chi connectivity index (χ1n) is 12.4. The number of nitrogens with zero attached hydrogens (tertiary/aromatic N) is 2. The third-order valence-corrected chi connectivity index (χ3v) is 6.42. The maximum Gasteiger partial charge on any atom is 0.379 e. The van der Waals surface area contributed by atoms with Gasteiger partial charge in [0.2, 0.25) is 0 Å². The van der Waals surface area contributed by atoms with Gasteiger partial charge in [0.15, 0.2) is 0 Å². The molecule has 1 aliphatic heterocycles. The molecule has 41 heavy (non-hydrogen) atoms. The molecule has 1 unspecified atom stereocenters. The molecular weight excluding hydrogens is 534 g/mol. The number of esters is 3. The molecule has 2 aromatic carbocycles. The Morgan fingerprint density at radius 1 is 0.927 bits per heavy atom. The van der Waals surface area contributed by atoms with Gasteiger partial charge in [0, 0.05) is 40.2 Å². The number of nitro groups is 1. The number of para-hydroxylation sites is 2. The smallest absolute Gasteiger partial charge is 0.379 e. The Bertz CT molecular complexity index is 1640. The summed E-state index contributed by atoms with van der Waals surface area (Å²) in [5.41, 5.74) is 1.09. The lowest BCUT2D eigenvalue weighted by Crippen LogP contribution is -2.33. The number of nitrogens with one attached hydrogen (secondary N) is 1. The largest absolute Gasteiger partial charge is 0.466 e. The van der Waals surface area contributed by atoms with E-state index >= 15 is 0 Å². The number of hydrogen-bond acceptors (Lipinski definition) is 11. The number of ether oxygens (including phenoxy) is 3. The molecule has 1 aromatic heterocycles. The van der Waals surface area contributed by atoms with Crippen LogP contribution in [0.5, 0.6) is 0 Å². The predicted molar refractivity (Wildman–Crippen MR) is 144 cm³/mol. The van der Waals surface area contributed by atoms with E-state index in [1.165, 1.54) is 30.5 Å². The molecule has 0 spiro atoms. The van der Waals surface area contributed by atoms with Gasteiger partial charge in [0.25, 0.3) is 11.5 Å². The second-order valence-corrected chi connectivity index (χ2v) is 8.96. The lowest BCUT2D eigenvalue weighted by atomic mass is 9.79. The topological polar surface area (TPSA) is 164 Å². The van der Waals surface area contributed by atoms with E-state index in [1.807, 2.05) is 0 Å². The molecule has 4 rings (SSSR count). The highest BCUT2D eigenvalue weighted by atomic mass is 16.6. The summed E-state index contributed by atoms with van der Waals surface area (Å²) in [4.78, 5) is 66.2. The lowest BCUT2D eigenvalue weighted by molar-refractivity contribution is -0.385. The van der Waals surface area contributed by atoms with Crippen molar-refractivity contribution in [2.45, 2.75) is 19.8 Å². The number of carbonyl (C=O) groups excluding carboxylic acids is 4. The number of carbonyl (C=O) groups is 4. The van der Waals surface area contributed by atoms with Crippen molar-refractivity contribution in [1.29, 1.82) is 0 Å². The minimum absolute atomic E-state index is 0.000342. The minimum atomic E-state index is -1.18. The van der Waals surface area contributed by atoms with Crippen molar-refractivity contribution in [3.05, 3.63) is 105 Å². The number of hydrogen-bond donors (Lipinski definition) is 1. The number of pyridine rings is 1. The summed E-state index contributed by atoms with van der Waals surface area (Å²) in [6.07, 6.45) is 1.27. The fourth-order valence-electron chi connectivity index (χ4n) is 4.58. The van der Waals surface area contributed by atoms with Crippen LogP contribution in [0, 0.1) is 10.1 Å². The van der Waals surface area contributed by atoms with Crippen molar-refractivity contribution in [3.63, 3.8) is 0 Å². The second kappa shape index (κ2) is 12.2. The fourth-order valence-corrected chi connectivity index (χ4v) is 4.58. The van der Waals surface area contributed by atoms with Crippen molar-refractivity contribution in [3.8, 4) is 0 Å². The summed E-state index contributed by atoms with van der Waals surface area (Å²) in [6.45, 7) is 2.28. The van der Waals surface area contributed by atoms with E-state index in [1.54, 1.807) is 44.2 Å². The van der Waals surface area contributed by atoms with Gasteiger partial charge in [-0.3, -0.25) is 19.9 Å². The van der Waals surface area contributed by atoms with E-state index in [4.69, 9.17) is 14.2 Å². The van der Waals surface area contributed by atoms with Crippen molar-refractivity contribution in [2.75, 3.05) is 20.3 Å². The van der Waals surface area contributed by atoms with E-state index in [0.29, 0.717) is 22.3 Å². The Morgan fingerprint density at radius 3 is 2.27 bits per heavy atom. The number of methoxy groups -OCH3 is 1. The maximum atomic E-state index is 13.3. The molecule has 1 N–H and O–H groups in total. The SMILES string of the molecule is COC(=O)C1=C(C)NC(C)=C(C(=O)OCCOC(=O)C(=O)c2cnc3ccccc3c2)C1c1ccccc1[N+](=O)[O-]. The van der Waals surface area contributed by atoms with Crippen LogP contribution in [0.15, 0.2) is 83.3 Å². The summed E-state index contributed by atoms with van der Waals surface area (Å²) in [6, 6.07) is 14.3. The summed E-state index contributed by atoms with van der Waals surface area (Å²) in [5.74, 6) is -4.94. The molecule has 0 radical (unpaired) electrons. The van der Waals surface area contributed by atoms with Crippen LogP contribution in [0.25, 0.3) is 10.9 Å².